The quantitative estimate of drug-likeness (QED) is 0.607. The van der Waals surface area contributed by atoms with Gasteiger partial charge in [-0.15, -0.1) is 0 Å². The van der Waals surface area contributed by atoms with Crippen LogP contribution in [0.4, 0.5) is 0 Å². The highest BCUT2D eigenvalue weighted by atomic mass is 16.5. The van der Waals surface area contributed by atoms with Crippen LogP contribution in [-0.4, -0.2) is 38.0 Å². The van der Waals surface area contributed by atoms with Crippen molar-refractivity contribution in [3.63, 3.8) is 0 Å². The molecule has 0 radical (unpaired) electrons. The van der Waals surface area contributed by atoms with Gasteiger partial charge in [-0.2, -0.15) is 0 Å². The summed E-state index contributed by atoms with van der Waals surface area (Å²) in [6.45, 7) is 4.24. The highest BCUT2D eigenvalue weighted by molar-refractivity contribution is 4.87. The van der Waals surface area contributed by atoms with Crippen LogP contribution < -0.4 is 5.32 Å². The van der Waals surface area contributed by atoms with Crippen LogP contribution in [0.2, 0.25) is 0 Å². The van der Waals surface area contributed by atoms with Gasteiger partial charge in [-0.3, -0.25) is 0 Å². The lowest BCUT2D eigenvalue weighted by Crippen LogP contribution is -2.50. The van der Waals surface area contributed by atoms with E-state index in [9.17, 15) is 0 Å². The zero-order valence-corrected chi connectivity index (χ0v) is 7.33. The van der Waals surface area contributed by atoms with Crippen LogP contribution in [-0.2, 0) is 4.74 Å². The molecule has 2 rings (SSSR count). The molecule has 2 aliphatic heterocycles. The Morgan fingerprint density at radius 2 is 1.92 bits per heavy atom. The van der Waals surface area contributed by atoms with Gasteiger partial charge in [0, 0.05) is 19.7 Å². The van der Waals surface area contributed by atoms with E-state index in [1.165, 1.54) is 0 Å². The number of rotatable bonds is 2. The van der Waals surface area contributed by atoms with Crippen molar-refractivity contribution in [3.8, 4) is 0 Å². The van der Waals surface area contributed by atoms with Crippen molar-refractivity contribution in [2.24, 2.45) is 17.8 Å². The van der Waals surface area contributed by atoms with Gasteiger partial charge in [-0.1, -0.05) is 0 Å². The molecule has 0 amide bonds. The van der Waals surface area contributed by atoms with E-state index < -0.39 is 0 Å². The van der Waals surface area contributed by atoms with Crippen LogP contribution in [0.5, 0.6) is 0 Å². The molecular weight excluding hydrogens is 154 g/mol. The summed E-state index contributed by atoms with van der Waals surface area (Å²) in [4.78, 5) is 0. The van der Waals surface area contributed by atoms with Gasteiger partial charge in [0.05, 0.1) is 13.2 Å². The number of hydrogen-bond acceptors (Lipinski definition) is 3. The number of hydrogen-bond donors (Lipinski definition) is 2. The molecule has 12 heavy (non-hydrogen) atoms. The molecule has 2 fully saturated rings. The maximum absolute atomic E-state index is 8.91. The van der Waals surface area contributed by atoms with E-state index >= 15 is 0 Å². The molecule has 0 spiro atoms. The van der Waals surface area contributed by atoms with Crippen LogP contribution in [0.15, 0.2) is 0 Å². The van der Waals surface area contributed by atoms with Crippen molar-refractivity contribution in [1.82, 2.24) is 5.32 Å². The van der Waals surface area contributed by atoms with Crippen LogP contribution in [0.25, 0.3) is 0 Å². The Morgan fingerprint density at radius 1 is 1.25 bits per heavy atom. The number of fused-ring (bicyclic) bond motifs is 2. The molecule has 2 aliphatic rings. The molecular formula is C9H17NO2. The largest absolute Gasteiger partial charge is 0.396 e. The lowest BCUT2D eigenvalue weighted by atomic mass is 9.76. The summed E-state index contributed by atoms with van der Waals surface area (Å²) in [7, 11) is 0. The Kier molecular flexibility index (Phi) is 2.63. The van der Waals surface area contributed by atoms with Gasteiger partial charge in [0.2, 0.25) is 0 Å². The molecule has 3 heteroatoms. The van der Waals surface area contributed by atoms with E-state index in [4.69, 9.17) is 9.84 Å². The molecule has 2 saturated heterocycles. The van der Waals surface area contributed by atoms with Gasteiger partial charge in [0.15, 0.2) is 0 Å². The smallest absolute Gasteiger partial charge is 0.0509 e. The van der Waals surface area contributed by atoms with Crippen molar-refractivity contribution in [2.75, 3.05) is 32.9 Å². The number of nitrogens with one attached hydrogen (secondary N) is 1. The topological polar surface area (TPSA) is 41.5 Å². The third-order valence-electron chi connectivity index (χ3n) is 3.15. The molecule has 70 valence electrons. The fourth-order valence-electron chi connectivity index (χ4n) is 2.50. The predicted molar refractivity (Wildman–Crippen MR) is 45.9 cm³/mol. The van der Waals surface area contributed by atoms with Crippen LogP contribution in [0.3, 0.4) is 0 Å². The maximum Gasteiger partial charge on any atom is 0.0509 e. The van der Waals surface area contributed by atoms with Crippen molar-refractivity contribution in [1.29, 1.82) is 0 Å². The SMILES string of the molecule is OCCC1C2CNCC1COC2. The lowest BCUT2D eigenvalue weighted by Gasteiger charge is -2.42. The van der Waals surface area contributed by atoms with E-state index in [0.29, 0.717) is 24.4 Å². The van der Waals surface area contributed by atoms with Gasteiger partial charge in [0.25, 0.3) is 0 Å². The molecule has 2 unspecified atom stereocenters. The Hall–Kier alpha value is -0.120. The third kappa shape index (κ3) is 1.49. The minimum atomic E-state index is 0.331. The second-order valence-electron chi connectivity index (χ2n) is 3.89. The van der Waals surface area contributed by atoms with E-state index in [1.54, 1.807) is 0 Å². The van der Waals surface area contributed by atoms with Crippen molar-refractivity contribution in [2.45, 2.75) is 6.42 Å². The summed E-state index contributed by atoms with van der Waals surface area (Å²) in [5, 5.41) is 12.3. The van der Waals surface area contributed by atoms with Crippen molar-refractivity contribution >= 4 is 0 Å². The van der Waals surface area contributed by atoms with E-state index in [2.05, 4.69) is 5.32 Å². The summed E-state index contributed by atoms with van der Waals surface area (Å²) in [6, 6.07) is 0. The predicted octanol–water partition coefficient (Wildman–Crippen LogP) is -0.149. The molecule has 0 aromatic rings. The Labute approximate surface area is 73.1 Å². The molecule has 0 aromatic carbocycles. The monoisotopic (exact) mass is 171 g/mol. The van der Waals surface area contributed by atoms with Crippen LogP contribution >= 0.6 is 0 Å². The van der Waals surface area contributed by atoms with Crippen LogP contribution in [0.1, 0.15) is 6.42 Å². The van der Waals surface area contributed by atoms with E-state index in [1.807, 2.05) is 0 Å². The summed E-state index contributed by atoms with van der Waals surface area (Å²) in [6.07, 6.45) is 0.959. The van der Waals surface area contributed by atoms with Gasteiger partial charge in [0.1, 0.15) is 0 Å². The lowest BCUT2D eigenvalue weighted by molar-refractivity contribution is -0.0529. The van der Waals surface area contributed by atoms with E-state index in [-0.39, 0.29) is 0 Å². The first kappa shape index (κ1) is 8.48. The highest BCUT2D eigenvalue weighted by Gasteiger charge is 2.36. The zero-order valence-electron chi connectivity index (χ0n) is 7.33. The molecule has 2 N–H and O–H groups in total. The van der Waals surface area contributed by atoms with Gasteiger partial charge >= 0.3 is 0 Å². The average Bonchev–Trinajstić information content (AvgIpc) is 2.04. The first-order chi connectivity index (χ1) is 5.92. The highest BCUT2D eigenvalue weighted by Crippen LogP contribution is 2.31. The van der Waals surface area contributed by atoms with Crippen molar-refractivity contribution < 1.29 is 9.84 Å². The Balaban J connectivity index is 1.98. The number of piperidine rings is 1. The molecule has 0 aliphatic carbocycles. The second-order valence-corrected chi connectivity index (χ2v) is 3.89. The first-order valence-electron chi connectivity index (χ1n) is 4.81. The third-order valence-corrected chi connectivity index (χ3v) is 3.15. The standard InChI is InChI=1S/C9H17NO2/c11-2-1-9-7-3-10-4-8(9)6-12-5-7/h7-11H,1-6H2. The maximum atomic E-state index is 8.91. The van der Waals surface area contributed by atoms with Gasteiger partial charge in [-0.25, -0.2) is 0 Å². The first-order valence-corrected chi connectivity index (χ1v) is 4.81. The van der Waals surface area contributed by atoms with E-state index in [0.717, 1.165) is 32.7 Å². The molecule has 2 bridgehead atoms. The number of ether oxygens (including phenoxy) is 1. The molecule has 2 atom stereocenters. The van der Waals surface area contributed by atoms with Crippen molar-refractivity contribution in [3.05, 3.63) is 0 Å². The number of aliphatic hydroxyl groups excluding tert-OH is 1. The molecule has 0 saturated carbocycles. The summed E-state index contributed by atoms with van der Waals surface area (Å²) >= 11 is 0. The average molecular weight is 171 g/mol. The summed E-state index contributed by atoms with van der Waals surface area (Å²) in [5.41, 5.74) is 0. The zero-order chi connectivity index (χ0) is 8.39. The second kappa shape index (κ2) is 3.73. The Morgan fingerprint density at radius 3 is 2.50 bits per heavy atom. The molecule has 3 nitrogen and oxygen atoms in total. The minimum Gasteiger partial charge on any atom is -0.396 e. The fourth-order valence-corrected chi connectivity index (χ4v) is 2.50. The fraction of sp³-hybridized carbons (Fsp3) is 1.00. The minimum absolute atomic E-state index is 0.331. The number of aliphatic hydroxyl groups is 1. The normalized spacial score (nSPS) is 41.2. The molecule has 0 aromatic heterocycles. The van der Waals surface area contributed by atoms with Crippen LogP contribution in [0, 0.1) is 17.8 Å². The summed E-state index contributed by atoms with van der Waals surface area (Å²) < 4.78 is 5.49. The van der Waals surface area contributed by atoms with Gasteiger partial charge < -0.3 is 15.2 Å². The van der Waals surface area contributed by atoms with Gasteiger partial charge in [-0.05, 0) is 24.2 Å². The molecule has 2 heterocycles. The summed E-state index contributed by atoms with van der Waals surface area (Å²) in [5.74, 6) is 1.99. The Bertz CT molecular complexity index is 129.